The number of anilines is 1. The zero-order valence-corrected chi connectivity index (χ0v) is 16.5. The number of nitrogens with one attached hydrogen (secondary N) is 2. The smallest absolute Gasteiger partial charge is 0.288 e. The van der Waals surface area contributed by atoms with Crippen molar-refractivity contribution in [2.75, 3.05) is 25.0 Å². The number of rotatable bonds is 6. The summed E-state index contributed by atoms with van der Waals surface area (Å²) in [5, 5.41) is 6.19. The Balaban J connectivity index is 1.65. The molecule has 1 aliphatic heterocycles. The van der Waals surface area contributed by atoms with Crippen molar-refractivity contribution in [3.8, 4) is 0 Å². The quantitative estimate of drug-likeness (QED) is 0.809. The Labute approximate surface area is 160 Å². The molecule has 0 aliphatic carbocycles. The van der Waals surface area contributed by atoms with Crippen LogP contribution in [-0.2, 0) is 13.0 Å². The van der Waals surface area contributed by atoms with Crippen molar-refractivity contribution in [2.24, 2.45) is 0 Å². The van der Waals surface area contributed by atoms with Crippen molar-refractivity contribution >= 4 is 11.7 Å². The van der Waals surface area contributed by atoms with Gasteiger partial charge in [0.1, 0.15) is 5.82 Å². The van der Waals surface area contributed by atoms with Gasteiger partial charge in [-0.15, -0.1) is 0 Å². The highest BCUT2D eigenvalue weighted by molar-refractivity contribution is 5.90. The van der Waals surface area contributed by atoms with Gasteiger partial charge in [0.25, 0.3) is 5.91 Å². The van der Waals surface area contributed by atoms with Crippen molar-refractivity contribution in [3.63, 3.8) is 0 Å². The van der Waals surface area contributed by atoms with Crippen LogP contribution in [0.4, 0.5) is 5.82 Å². The maximum atomic E-state index is 11.9. The summed E-state index contributed by atoms with van der Waals surface area (Å²) >= 11 is 0. The highest BCUT2D eigenvalue weighted by atomic mass is 16.2. The highest BCUT2D eigenvalue weighted by Gasteiger charge is 2.26. The third-order valence-corrected chi connectivity index (χ3v) is 5.15. The molecule has 0 aromatic carbocycles. The number of nitrogens with zero attached hydrogens (tertiary/aromatic N) is 4. The topological polar surface area (TPSA) is 83.0 Å². The van der Waals surface area contributed by atoms with Crippen LogP contribution in [0.5, 0.6) is 0 Å². The van der Waals surface area contributed by atoms with Gasteiger partial charge in [-0.2, -0.15) is 0 Å². The molecular formula is C20H28N6O. The van der Waals surface area contributed by atoms with E-state index in [2.05, 4.69) is 49.5 Å². The molecule has 3 heterocycles. The molecule has 0 spiro atoms. The number of carbonyl (C=O) groups excluding carboxylic acids is 1. The van der Waals surface area contributed by atoms with Crippen LogP contribution in [0.15, 0.2) is 18.3 Å². The number of pyridine rings is 1. The molecule has 2 aromatic heterocycles. The molecule has 1 aliphatic rings. The Morgan fingerprint density at radius 1 is 1.30 bits per heavy atom. The van der Waals surface area contributed by atoms with Crippen molar-refractivity contribution < 1.29 is 4.79 Å². The Morgan fingerprint density at radius 2 is 2.11 bits per heavy atom. The first-order chi connectivity index (χ1) is 13.0. The van der Waals surface area contributed by atoms with Gasteiger partial charge < -0.3 is 15.5 Å². The summed E-state index contributed by atoms with van der Waals surface area (Å²) < 4.78 is 0. The largest absolute Gasteiger partial charge is 0.355 e. The van der Waals surface area contributed by atoms with Crippen LogP contribution in [0, 0.1) is 13.8 Å². The molecular weight excluding hydrogens is 340 g/mol. The van der Waals surface area contributed by atoms with Crippen LogP contribution in [0.3, 0.4) is 0 Å². The number of hydrogen-bond donors (Lipinski definition) is 2. The minimum absolute atomic E-state index is 0.229. The van der Waals surface area contributed by atoms with Gasteiger partial charge >= 0.3 is 0 Å². The van der Waals surface area contributed by atoms with Crippen LogP contribution in [0.2, 0.25) is 0 Å². The molecule has 1 saturated heterocycles. The van der Waals surface area contributed by atoms with Crippen LogP contribution in [-0.4, -0.2) is 47.0 Å². The lowest BCUT2D eigenvalue weighted by Gasteiger charge is -2.21. The monoisotopic (exact) mass is 368 g/mol. The molecule has 144 valence electrons. The number of hydrogen-bond acceptors (Lipinski definition) is 6. The summed E-state index contributed by atoms with van der Waals surface area (Å²) in [6, 6.07) is 4.60. The number of aromatic nitrogens is 3. The van der Waals surface area contributed by atoms with E-state index in [4.69, 9.17) is 0 Å². The molecule has 7 heteroatoms. The van der Waals surface area contributed by atoms with Crippen molar-refractivity contribution in [1.29, 1.82) is 0 Å². The van der Waals surface area contributed by atoms with E-state index in [9.17, 15) is 4.79 Å². The summed E-state index contributed by atoms with van der Waals surface area (Å²) in [6.07, 6.45) is 3.99. The average Bonchev–Trinajstić information content (AvgIpc) is 3.16. The van der Waals surface area contributed by atoms with Gasteiger partial charge in [-0.05, 0) is 38.3 Å². The molecule has 7 nitrogen and oxygen atoms in total. The SMILES string of the molecule is CCc1ccc(CN[C@@H]2CCN(c3nc(C(=O)NC)nc(C)c3C)C2)nc1. The second-order valence-corrected chi connectivity index (χ2v) is 6.98. The van der Waals surface area contributed by atoms with E-state index in [1.54, 1.807) is 7.05 Å². The first-order valence-electron chi connectivity index (χ1n) is 9.51. The van der Waals surface area contributed by atoms with E-state index >= 15 is 0 Å². The zero-order chi connectivity index (χ0) is 19.4. The van der Waals surface area contributed by atoms with Gasteiger partial charge in [0.15, 0.2) is 0 Å². The van der Waals surface area contributed by atoms with Gasteiger partial charge in [0.05, 0.1) is 5.69 Å². The Kier molecular flexibility index (Phi) is 6.01. The molecule has 1 atom stereocenters. The van der Waals surface area contributed by atoms with E-state index in [1.807, 2.05) is 20.0 Å². The molecule has 1 fully saturated rings. The zero-order valence-electron chi connectivity index (χ0n) is 16.5. The van der Waals surface area contributed by atoms with Crippen LogP contribution < -0.4 is 15.5 Å². The minimum Gasteiger partial charge on any atom is -0.355 e. The van der Waals surface area contributed by atoms with Crippen LogP contribution in [0.25, 0.3) is 0 Å². The van der Waals surface area contributed by atoms with Gasteiger partial charge in [-0.3, -0.25) is 9.78 Å². The number of carbonyl (C=O) groups is 1. The van der Waals surface area contributed by atoms with E-state index in [0.29, 0.717) is 6.04 Å². The second kappa shape index (κ2) is 8.43. The summed E-state index contributed by atoms with van der Waals surface area (Å²) in [6.45, 7) is 8.59. The van der Waals surface area contributed by atoms with Gasteiger partial charge in [-0.1, -0.05) is 13.0 Å². The maximum absolute atomic E-state index is 11.9. The lowest BCUT2D eigenvalue weighted by Crippen LogP contribution is -2.33. The summed E-state index contributed by atoms with van der Waals surface area (Å²) in [5.74, 6) is 0.831. The number of aryl methyl sites for hydroxylation is 2. The van der Waals surface area contributed by atoms with E-state index in [-0.39, 0.29) is 11.7 Å². The molecule has 0 unspecified atom stereocenters. The Hall–Kier alpha value is -2.54. The predicted molar refractivity (Wildman–Crippen MR) is 106 cm³/mol. The van der Waals surface area contributed by atoms with Crippen molar-refractivity contribution in [2.45, 2.75) is 46.2 Å². The molecule has 0 bridgehead atoms. The molecule has 3 rings (SSSR count). The van der Waals surface area contributed by atoms with Crippen molar-refractivity contribution in [1.82, 2.24) is 25.6 Å². The molecule has 0 radical (unpaired) electrons. The molecule has 2 N–H and O–H groups in total. The van der Waals surface area contributed by atoms with E-state index in [0.717, 1.165) is 55.2 Å². The maximum Gasteiger partial charge on any atom is 0.288 e. The first kappa shape index (κ1) is 19.2. The molecule has 0 saturated carbocycles. The summed E-state index contributed by atoms with van der Waals surface area (Å²) in [4.78, 5) is 27.5. The normalized spacial score (nSPS) is 16.6. The van der Waals surface area contributed by atoms with Crippen molar-refractivity contribution in [3.05, 3.63) is 46.7 Å². The third kappa shape index (κ3) is 4.42. The number of amides is 1. The molecule has 27 heavy (non-hydrogen) atoms. The fourth-order valence-electron chi connectivity index (χ4n) is 3.27. The lowest BCUT2D eigenvalue weighted by atomic mass is 10.2. The lowest BCUT2D eigenvalue weighted by molar-refractivity contribution is 0.0952. The fraction of sp³-hybridized carbons (Fsp3) is 0.500. The summed E-state index contributed by atoms with van der Waals surface area (Å²) in [5.41, 5.74) is 4.18. The second-order valence-electron chi connectivity index (χ2n) is 6.98. The standard InChI is InChI=1S/C20H28N6O/c1-5-15-6-7-16(22-10-15)11-23-17-8-9-26(12-17)19-13(2)14(3)24-18(25-19)20(27)21-4/h6-7,10,17,23H,5,8-9,11-12H2,1-4H3,(H,21,27)/t17-/m1/s1. The molecule has 2 aromatic rings. The first-order valence-corrected chi connectivity index (χ1v) is 9.51. The Morgan fingerprint density at radius 3 is 2.78 bits per heavy atom. The molecule has 1 amide bonds. The average molecular weight is 368 g/mol. The van der Waals surface area contributed by atoms with Gasteiger partial charge in [0, 0.05) is 50.2 Å². The predicted octanol–water partition coefficient (Wildman–Crippen LogP) is 1.78. The van der Waals surface area contributed by atoms with Crippen LogP contribution >= 0.6 is 0 Å². The summed E-state index contributed by atoms with van der Waals surface area (Å²) in [7, 11) is 1.59. The fourth-order valence-corrected chi connectivity index (χ4v) is 3.27. The highest BCUT2D eigenvalue weighted by Crippen LogP contribution is 2.24. The van der Waals surface area contributed by atoms with Gasteiger partial charge in [0.2, 0.25) is 5.82 Å². The van der Waals surface area contributed by atoms with Gasteiger partial charge in [-0.25, -0.2) is 9.97 Å². The Bertz CT molecular complexity index is 805. The van der Waals surface area contributed by atoms with Crippen LogP contribution in [0.1, 0.15) is 46.5 Å². The van der Waals surface area contributed by atoms with E-state index in [1.165, 1.54) is 5.56 Å². The minimum atomic E-state index is -0.255. The third-order valence-electron chi connectivity index (χ3n) is 5.15. The van der Waals surface area contributed by atoms with E-state index < -0.39 is 0 Å².